The van der Waals surface area contributed by atoms with E-state index < -0.39 is 0 Å². The molecule has 15 heavy (non-hydrogen) atoms. The topological polar surface area (TPSA) is 12.0 Å². The van der Waals surface area contributed by atoms with E-state index in [-0.39, 0.29) is 0 Å². The molecule has 0 radical (unpaired) electrons. The van der Waals surface area contributed by atoms with E-state index in [1.807, 2.05) is 11.3 Å². The van der Waals surface area contributed by atoms with E-state index in [1.165, 1.54) is 43.4 Å². The van der Waals surface area contributed by atoms with Crippen LogP contribution in [-0.4, -0.2) is 12.1 Å². The Morgan fingerprint density at radius 2 is 2.20 bits per heavy atom. The number of hydrogen-bond donors (Lipinski definition) is 1. The molecule has 2 heteroatoms. The minimum Gasteiger partial charge on any atom is -0.311 e. The molecule has 1 saturated carbocycles. The van der Waals surface area contributed by atoms with Gasteiger partial charge in [0.25, 0.3) is 0 Å². The van der Waals surface area contributed by atoms with Crippen molar-refractivity contribution >= 4 is 11.3 Å². The summed E-state index contributed by atoms with van der Waals surface area (Å²) in [7, 11) is 0. The normalized spacial score (nSPS) is 20.3. The van der Waals surface area contributed by atoms with Crippen LogP contribution in [0.5, 0.6) is 0 Å². The molecule has 1 aliphatic rings. The molecule has 1 aliphatic carbocycles. The molecule has 1 nitrogen and oxygen atoms in total. The second kappa shape index (κ2) is 5.66. The average molecular weight is 223 g/mol. The van der Waals surface area contributed by atoms with Gasteiger partial charge in [-0.1, -0.05) is 25.3 Å². The van der Waals surface area contributed by atoms with Crippen LogP contribution in [0.2, 0.25) is 0 Å². The van der Waals surface area contributed by atoms with Gasteiger partial charge in [0, 0.05) is 17.0 Å². The summed E-state index contributed by atoms with van der Waals surface area (Å²) in [5.74, 6) is 0. The molecule has 1 atom stereocenters. The standard InChI is InChI=1S/C13H21NS/c1-11(10-13-8-5-9-15-13)14-12-6-3-2-4-7-12/h5,8-9,11-12,14H,2-4,6-7,10H2,1H3. The summed E-state index contributed by atoms with van der Waals surface area (Å²) in [6, 6.07) is 5.80. The van der Waals surface area contributed by atoms with Gasteiger partial charge in [-0.25, -0.2) is 0 Å². The van der Waals surface area contributed by atoms with Crippen molar-refractivity contribution in [3.05, 3.63) is 22.4 Å². The first-order valence-corrected chi connectivity index (χ1v) is 7.01. The van der Waals surface area contributed by atoms with E-state index >= 15 is 0 Å². The third-order valence-corrected chi connectivity index (χ3v) is 4.11. The number of rotatable bonds is 4. The fourth-order valence-corrected chi connectivity index (χ4v) is 3.30. The van der Waals surface area contributed by atoms with Crippen LogP contribution in [0.25, 0.3) is 0 Å². The Kier molecular flexibility index (Phi) is 4.21. The van der Waals surface area contributed by atoms with E-state index in [4.69, 9.17) is 0 Å². The summed E-state index contributed by atoms with van der Waals surface area (Å²) >= 11 is 1.87. The Morgan fingerprint density at radius 3 is 2.87 bits per heavy atom. The molecule has 84 valence electrons. The van der Waals surface area contributed by atoms with Crippen LogP contribution >= 0.6 is 11.3 Å². The van der Waals surface area contributed by atoms with E-state index in [9.17, 15) is 0 Å². The summed E-state index contributed by atoms with van der Waals surface area (Å²) < 4.78 is 0. The predicted molar refractivity (Wildman–Crippen MR) is 67.5 cm³/mol. The minimum atomic E-state index is 0.631. The lowest BCUT2D eigenvalue weighted by atomic mass is 9.95. The molecule has 2 rings (SSSR count). The van der Waals surface area contributed by atoms with Crippen LogP contribution in [0.1, 0.15) is 43.9 Å². The lowest BCUT2D eigenvalue weighted by molar-refractivity contribution is 0.343. The molecule has 1 aromatic heterocycles. The Balaban J connectivity index is 1.74. The van der Waals surface area contributed by atoms with Crippen molar-refractivity contribution in [2.75, 3.05) is 0 Å². The highest BCUT2D eigenvalue weighted by Gasteiger charge is 2.15. The second-order valence-corrected chi connectivity index (χ2v) is 5.72. The lowest BCUT2D eigenvalue weighted by Crippen LogP contribution is -2.38. The zero-order chi connectivity index (χ0) is 10.5. The highest BCUT2D eigenvalue weighted by molar-refractivity contribution is 7.09. The summed E-state index contributed by atoms with van der Waals surface area (Å²) in [6.07, 6.45) is 8.24. The van der Waals surface area contributed by atoms with E-state index in [1.54, 1.807) is 0 Å². The van der Waals surface area contributed by atoms with Crippen LogP contribution in [0.3, 0.4) is 0 Å². The zero-order valence-corrected chi connectivity index (χ0v) is 10.4. The molecule has 1 aromatic rings. The molecular weight excluding hydrogens is 202 g/mol. The first-order valence-electron chi connectivity index (χ1n) is 6.13. The molecule has 0 aliphatic heterocycles. The molecule has 1 unspecified atom stereocenters. The SMILES string of the molecule is CC(Cc1cccs1)NC1CCCCC1. The molecule has 1 heterocycles. The number of hydrogen-bond acceptors (Lipinski definition) is 2. The summed E-state index contributed by atoms with van der Waals surface area (Å²) in [5, 5.41) is 5.93. The molecule has 1 fully saturated rings. The Morgan fingerprint density at radius 1 is 1.40 bits per heavy atom. The monoisotopic (exact) mass is 223 g/mol. The van der Waals surface area contributed by atoms with E-state index in [2.05, 4.69) is 29.8 Å². The van der Waals surface area contributed by atoms with Crippen molar-refractivity contribution in [2.24, 2.45) is 0 Å². The van der Waals surface area contributed by atoms with E-state index in [0.29, 0.717) is 6.04 Å². The first-order chi connectivity index (χ1) is 7.34. The quantitative estimate of drug-likeness (QED) is 0.822. The van der Waals surface area contributed by atoms with Crippen molar-refractivity contribution in [1.82, 2.24) is 5.32 Å². The van der Waals surface area contributed by atoms with Gasteiger partial charge in [0.05, 0.1) is 0 Å². The van der Waals surface area contributed by atoms with Gasteiger partial charge in [-0.3, -0.25) is 0 Å². The van der Waals surface area contributed by atoms with Crippen molar-refractivity contribution in [3.8, 4) is 0 Å². The number of thiophene rings is 1. The molecule has 0 bridgehead atoms. The van der Waals surface area contributed by atoms with Gasteiger partial charge in [0.15, 0.2) is 0 Å². The van der Waals surface area contributed by atoms with Crippen molar-refractivity contribution in [2.45, 2.75) is 57.5 Å². The number of nitrogens with one attached hydrogen (secondary N) is 1. The van der Waals surface area contributed by atoms with Crippen molar-refractivity contribution < 1.29 is 0 Å². The van der Waals surface area contributed by atoms with Gasteiger partial charge >= 0.3 is 0 Å². The smallest absolute Gasteiger partial charge is 0.00896 e. The molecule has 0 saturated heterocycles. The van der Waals surface area contributed by atoms with Gasteiger partial charge in [0.2, 0.25) is 0 Å². The molecular formula is C13H21NS. The Bertz CT molecular complexity index is 262. The van der Waals surface area contributed by atoms with Crippen molar-refractivity contribution in [3.63, 3.8) is 0 Å². The highest BCUT2D eigenvalue weighted by Crippen LogP contribution is 2.19. The average Bonchev–Trinajstić information content (AvgIpc) is 2.71. The van der Waals surface area contributed by atoms with Gasteiger partial charge in [-0.05, 0) is 37.6 Å². The fraction of sp³-hybridized carbons (Fsp3) is 0.692. The maximum Gasteiger partial charge on any atom is 0.00896 e. The van der Waals surface area contributed by atoms with Crippen LogP contribution in [0.4, 0.5) is 0 Å². The van der Waals surface area contributed by atoms with Crippen molar-refractivity contribution in [1.29, 1.82) is 0 Å². The van der Waals surface area contributed by atoms with Gasteiger partial charge in [-0.15, -0.1) is 11.3 Å². The predicted octanol–water partition coefficient (Wildman–Crippen LogP) is 3.60. The second-order valence-electron chi connectivity index (χ2n) is 4.69. The first kappa shape index (κ1) is 11.2. The largest absolute Gasteiger partial charge is 0.311 e. The molecule has 0 spiro atoms. The summed E-state index contributed by atoms with van der Waals surface area (Å²) in [6.45, 7) is 2.31. The third-order valence-electron chi connectivity index (χ3n) is 3.21. The van der Waals surface area contributed by atoms with Crippen LogP contribution in [-0.2, 0) is 6.42 Å². The van der Waals surface area contributed by atoms with Crippen LogP contribution in [0.15, 0.2) is 17.5 Å². The van der Waals surface area contributed by atoms with Gasteiger partial charge in [-0.2, -0.15) is 0 Å². The molecule has 1 N–H and O–H groups in total. The maximum absolute atomic E-state index is 3.76. The van der Waals surface area contributed by atoms with Gasteiger partial charge < -0.3 is 5.32 Å². The van der Waals surface area contributed by atoms with E-state index in [0.717, 1.165) is 6.04 Å². The molecule has 0 amide bonds. The fourth-order valence-electron chi connectivity index (χ4n) is 2.46. The zero-order valence-electron chi connectivity index (χ0n) is 9.54. The third kappa shape index (κ3) is 3.62. The minimum absolute atomic E-state index is 0.631. The summed E-state index contributed by atoms with van der Waals surface area (Å²) in [5.41, 5.74) is 0. The molecule has 0 aromatic carbocycles. The summed E-state index contributed by atoms with van der Waals surface area (Å²) in [4.78, 5) is 1.51. The Labute approximate surface area is 96.9 Å². The Hall–Kier alpha value is -0.340. The van der Waals surface area contributed by atoms with Crippen LogP contribution < -0.4 is 5.32 Å². The van der Waals surface area contributed by atoms with Gasteiger partial charge in [0.1, 0.15) is 0 Å². The maximum atomic E-state index is 3.76. The van der Waals surface area contributed by atoms with Crippen LogP contribution in [0, 0.1) is 0 Å². The lowest BCUT2D eigenvalue weighted by Gasteiger charge is -2.26. The highest BCUT2D eigenvalue weighted by atomic mass is 32.1.